The Kier molecular flexibility index (Phi) is 5.93. The van der Waals surface area contributed by atoms with E-state index in [-0.39, 0.29) is 17.3 Å². The zero-order chi connectivity index (χ0) is 15.5. The lowest BCUT2D eigenvalue weighted by Crippen LogP contribution is -2.28. The Morgan fingerprint density at radius 2 is 2.05 bits per heavy atom. The van der Waals surface area contributed by atoms with E-state index in [1.54, 1.807) is 0 Å². The van der Waals surface area contributed by atoms with E-state index >= 15 is 0 Å². The second-order valence-electron chi connectivity index (χ2n) is 3.74. The van der Waals surface area contributed by atoms with Gasteiger partial charge in [-0.05, 0) is 12.1 Å². The van der Waals surface area contributed by atoms with Gasteiger partial charge in [-0.2, -0.15) is 0 Å². The van der Waals surface area contributed by atoms with Gasteiger partial charge in [0.1, 0.15) is 4.90 Å². The largest absolute Gasteiger partial charge is 0.351 e. The molecule has 20 heavy (non-hydrogen) atoms. The maximum Gasteiger partial charge on any atom is 0.264 e. The molecular weight excluding hydrogens is 352 g/mol. The minimum absolute atomic E-state index is 0.0524. The molecule has 1 N–H and O–H groups in total. The lowest BCUT2D eigenvalue weighted by atomic mass is 10.2. The van der Waals surface area contributed by atoms with E-state index in [0.29, 0.717) is 0 Å². The van der Waals surface area contributed by atoms with Gasteiger partial charge in [0.05, 0.1) is 5.56 Å². The average molecular weight is 362 g/mol. The minimum Gasteiger partial charge on any atom is -0.351 e. The summed E-state index contributed by atoms with van der Waals surface area (Å²) in [5.74, 6) is -1.95. The van der Waals surface area contributed by atoms with Crippen molar-refractivity contribution in [2.75, 3.05) is 18.6 Å². The van der Waals surface area contributed by atoms with Crippen LogP contribution >= 0.6 is 22.3 Å². The highest BCUT2D eigenvalue weighted by molar-refractivity contribution is 8.13. The van der Waals surface area contributed by atoms with Crippen molar-refractivity contribution in [3.05, 3.63) is 28.5 Å². The van der Waals surface area contributed by atoms with Gasteiger partial charge in [0.15, 0.2) is 5.82 Å². The molecule has 1 amide bonds. The van der Waals surface area contributed by atoms with Crippen molar-refractivity contribution in [2.24, 2.45) is 0 Å². The minimum atomic E-state index is -4.36. The smallest absolute Gasteiger partial charge is 0.264 e. The van der Waals surface area contributed by atoms with Gasteiger partial charge in [-0.25, -0.2) is 12.8 Å². The van der Waals surface area contributed by atoms with Crippen LogP contribution in [0.2, 0.25) is 5.02 Å². The fraction of sp³-hybridized carbons (Fsp3) is 0.300. The maximum atomic E-state index is 13.9. The fourth-order valence-corrected chi connectivity index (χ4v) is 2.91. The molecule has 0 spiro atoms. The molecule has 1 aromatic rings. The number of nitrogens with one attached hydrogen (secondary N) is 1. The first-order valence-corrected chi connectivity index (χ1v) is 9.56. The van der Waals surface area contributed by atoms with E-state index in [1.165, 1.54) is 6.26 Å². The zero-order valence-electron chi connectivity index (χ0n) is 10.2. The molecule has 0 fully saturated rings. The third-order valence-electron chi connectivity index (χ3n) is 2.19. The van der Waals surface area contributed by atoms with E-state index < -0.39 is 42.0 Å². The molecule has 1 rings (SSSR count). The van der Waals surface area contributed by atoms with Crippen LogP contribution < -0.4 is 5.32 Å². The van der Waals surface area contributed by atoms with Gasteiger partial charge in [-0.3, -0.25) is 9.00 Å². The van der Waals surface area contributed by atoms with Gasteiger partial charge >= 0.3 is 0 Å². The number of amides is 1. The summed E-state index contributed by atoms with van der Waals surface area (Å²) in [6.45, 7) is 0.0524. The second-order valence-corrected chi connectivity index (χ2v) is 8.26. The van der Waals surface area contributed by atoms with Crippen LogP contribution in [0.1, 0.15) is 10.4 Å². The summed E-state index contributed by atoms with van der Waals surface area (Å²) in [5, 5.41) is 2.16. The highest BCUT2D eigenvalue weighted by Gasteiger charge is 2.23. The Hall–Kier alpha value is -0.700. The maximum absolute atomic E-state index is 13.9. The van der Waals surface area contributed by atoms with Crippen LogP contribution in [0.4, 0.5) is 4.39 Å². The van der Waals surface area contributed by atoms with Crippen molar-refractivity contribution < 1.29 is 21.8 Å². The lowest BCUT2D eigenvalue weighted by molar-refractivity contribution is 0.0951. The number of carbonyl (C=O) groups excluding carboxylic acids is 1. The molecule has 10 heteroatoms. The number of halogens is 3. The standard InChI is InChI=1S/C10H10Cl2FNO4S2/c1-19(16)3-2-14-10(15)7-4-6(11)5-8(9(7)13)20(12,17)18/h4-5H,2-3H2,1H3,(H,14,15). The monoisotopic (exact) mass is 361 g/mol. The molecule has 0 radical (unpaired) electrons. The Morgan fingerprint density at radius 3 is 2.55 bits per heavy atom. The Balaban J connectivity index is 3.10. The van der Waals surface area contributed by atoms with Crippen LogP contribution in [0.3, 0.4) is 0 Å². The van der Waals surface area contributed by atoms with Gasteiger partial charge in [0.2, 0.25) is 0 Å². The summed E-state index contributed by atoms with van der Waals surface area (Å²) >= 11 is 5.64. The summed E-state index contributed by atoms with van der Waals surface area (Å²) < 4.78 is 47.1. The summed E-state index contributed by atoms with van der Waals surface area (Å²) in [6, 6.07) is 1.80. The summed E-state index contributed by atoms with van der Waals surface area (Å²) in [7, 11) is -0.420. The van der Waals surface area contributed by atoms with Gasteiger partial charge in [-0.1, -0.05) is 11.6 Å². The molecule has 0 heterocycles. The van der Waals surface area contributed by atoms with E-state index in [9.17, 15) is 21.8 Å². The predicted octanol–water partition coefficient (Wildman–Crippen LogP) is 1.51. The van der Waals surface area contributed by atoms with Crippen molar-refractivity contribution in [3.63, 3.8) is 0 Å². The number of benzene rings is 1. The third-order valence-corrected chi connectivity index (χ3v) is 4.50. The molecule has 0 saturated heterocycles. The predicted molar refractivity (Wildman–Crippen MR) is 75.7 cm³/mol. The zero-order valence-corrected chi connectivity index (χ0v) is 13.3. The molecule has 0 aliphatic heterocycles. The van der Waals surface area contributed by atoms with Crippen LogP contribution in [0, 0.1) is 5.82 Å². The fourth-order valence-electron chi connectivity index (χ4n) is 1.31. The van der Waals surface area contributed by atoms with Crippen molar-refractivity contribution >= 4 is 48.0 Å². The van der Waals surface area contributed by atoms with Gasteiger partial charge in [-0.15, -0.1) is 0 Å². The second kappa shape index (κ2) is 6.84. The first-order chi connectivity index (χ1) is 9.12. The van der Waals surface area contributed by atoms with E-state index in [0.717, 1.165) is 12.1 Å². The van der Waals surface area contributed by atoms with Crippen LogP contribution in [0.5, 0.6) is 0 Å². The lowest BCUT2D eigenvalue weighted by Gasteiger charge is -2.08. The van der Waals surface area contributed by atoms with Crippen molar-refractivity contribution in [3.8, 4) is 0 Å². The Bertz CT molecular complexity index is 663. The van der Waals surface area contributed by atoms with Gasteiger partial charge < -0.3 is 5.32 Å². The summed E-state index contributed by atoms with van der Waals surface area (Å²) in [6.07, 6.45) is 1.45. The normalized spacial score (nSPS) is 13.0. The third kappa shape index (κ3) is 4.69. The van der Waals surface area contributed by atoms with Crippen LogP contribution in [0.25, 0.3) is 0 Å². The molecule has 5 nitrogen and oxygen atoms in total. The highest BCUT2D eigenvalue weighted by Crippen LogP contribution is 2.26. The Labute approximate surface area is 127 Å². The molecule has 1 atom stereocenters. The Morgan fingerprint density at radius 1 is 1.45 bits per heavy atom. The first kappa shape index (κ1) is 17.4. The topological polar surface area (TPSA) is 80.3 Å². The van der Waals surface area contributed by atoms with Gasteiger partial charge in [0, 0.05) is 45.1 Å². The van der Waals surface area contributed by atoms with E-state index in [4.69, 9.17) is 22.3 Å². The van der Waals surface area contributed by atoms with Gasteiger partial charge in [0.25, 0.3) is 15.0 Å². The summed E-state index contributed by atoms with van der Waals surface area (Å²) in [5.41, 5.74) is -0.543. The summed E-state index contributed by atoms with van der Waals surface area (Å²) in [4.78, 5) is 10.9. The molecular formula is C10H10Cl2FNO4S2. The molecule has 112 valence electrons. The van der Waals surface area contributed by atoms with Crippen LogP contribution in [0.15, 0.2) is 17.0 Å². The van der Waals surface area contributed by atoms with E-state index in [1.807, 2.05) is 0 Å². The number of hydrogen-bond donors (Lipinski definition) is 1. The van der Waals surface area contributed by atoms with Crippen LogP contribution in [-0.2, 0) is 19.9 Å². The SMILES string of the molecule is CS(=O)CCNC(=O)c1cc(Cl)cc(S(=O)(=O)Cl)c1F. The number of hydrogen-bond acceptors (Lipinski definition) is 4. The van der Waals surface area contributed by atoms with Crippen LogP contribution in [-0.4, -0.2) is 37.1 Å². The molecule has 0 aromatic heterocycles. The van der Waals surface area contributed by atoms with Crippen molar-refractivity contribution in [1.82, 2.24) is 5.32 Å². The highest BCUT2D eigenvalue weighted by atomic mass is 35.7. The molecule has 0 saturated carbocycles. The average Bonchev–Trinajstić information content (AvgIpc) is 2.29. The quantitative estimate of drug-likeness (QED) is 0.806. The molecule has 1 unspecified atom stereocenters. The molecule has 0 aliphatic rings. The molecule has 0 bridgehead atoms. The van der Waals surface area contributed by atoms with Crippen molar-refractivity contribution in [1.29, 1.82) is 0 Å². The van der Waals surface area contributed by atoms with E-state index in [2.05, 4.69) is 5.32 Å². The van der Waals surface area contributed by atoms with Crippen molar-refractivity contribution in [2.45, 2.75) is 4.90 Å². The number of carbonyl (C=O) groups is 1. The molecule has 1 aromatic carbocycles. The molecule has 0 aliphatic carbocycles. The number of rotatable bonds is 5. The first-order valence-electron chi connectivity index (χ1n) is 5.15.